The fourth-order valence-corrected chi connectivity index (χ4v) is 2.39. The average Bonchev–Trinajstić information content (AvgIpc) is 2.70. The van der Waals surface area contributed by atoms with Gasteiger partial charge in [-0.3, -0.25) is 14.9 Å². The molecule has 1 amide bonds. The molecule has 7 heteroatoms. The van der Waals surface area contributed by atoms with Crippen molar-refractivity contribution < 1.29 is 19.2 Å². The first-order valence-corrected chi connectivity index (χ1v) is 8.52. The lowest BCUT2D eigenvalue weighted by Gasteiger charge is -2.13. The van der Waals surface area contributed by atoms with E-state index in [2.05, 4.69) is 5.32 Å². The highest BCUT2D eigenvalue weighted by atomic mass is 16.6. The molecule has 0 bridgehead atoms. The van der Waals surface area contributed by atoms with Crippen LogP contribution in [-0.4, -0.2) is 17.4 Å². The van der Waals surface area contributed by atoms with E-state index in [0.717, 1.165) is 5.56 Å². The third-order valence-electron chi connectivity index (χ3n) is 3.83. The summed E-state index contributed by atoms with van der Waals surface area (Å²) >= 11 is 0. The summed E-state index contributed by atoms with van der Waals surface area (Å²) < 4.78 is 11.2. The summed E-state index contributed by atoms with van der Waals surface area (Å²) in [5.74, 6) is 1.16. The SMILES string of the molecule is Cc1ccc(Oc2ccccc2NC(=O)COc2ccc([N+](=O)[O-])cc2)cc1. The first kappa shape index (κ1) is 18.9. The summed E-state index contributed by atoms with van der Waals surface area (Å²) in [4.78, 5) is 22.4. The molecule has 1 N–H and O–H groups in total. The van der Waals surface area contributed by atoms with Crippen LogP contribution in [0.25, 0.3) is 0 Å². The zero-order valence-electron chi connectivity index (χ0n) is 15.1. The van der Waals surface area contributed by atoms with Gasteiger partial charge < -0.3 is 14.8 Å². The van der Waals surface area contributed by atoms with Crippen molar-refractivity contribution in [2.75, 3.05) is 11.9 Å². The third-order valence-corrected chi connectivity index (χ3v) is 3.83. The molecule has 3 rings (SSSR count). The van der Waals surface area contributed by atoms with Crippen molar-refractivity contribution >= 4 is 17.3 Å². The number of aryl methyl sites for hydroxylation is 1. The van der Waals surface area contributed by atoms with Crippen molar-refractivity contribution in [2.24, 2.45) is 0 Å². The molecular weight excluding hydrogens is 360 g/mol. The zero-order chi connectivity index (χ0) is 19.9. The van der Waals surface area contributed by atoms with Crippen molar-refractivity contribution in [1.29, 1.82) is 0 Å². The molecule has 0 unspecified atom stereocenters. The van der Waals surface area contributed by atoms with Crippen LogP contribution in [0.5, 0.6) is 17.2 Å². The van der Waals surface area contributed by atoms with Gasteiger partial charge in [-0.2, -0.15) is 0 Å². The van der Waals surface area contributed by atoms with Gasteiger partial charge in [0.15, 0.2) is 12.4 Å². The Morgan fingerprint density at radius 3 is 2.29 bits per heavy atom. The molecule has 3 aromatic carbocycles. The zero-order valence-corrected chi connectivity index (χ0v) is 15.1. The number of ether oxygens (including phenoxy) is 2. The van der Waals surface area contributed by atoms with Crippen molar-refractivity contribution in [3.63, 3.8) is 0 Å². The summed E-state index contributed by atoms with van der Waals surface area (Å²) in [5.41, 5.74) is 1.59. The predicted octanol–water partition coefficient (Wildman–Crippen LogP) is 4.71. The van der Waals surface area contributed by atoms with Crippen LogP contribution in [-0.2, 0) is 4.79 Å². The number of nitrogens with zero attached hydrogens (tertiary/aromatic N) is 1. The maximum atomic E-state index is 12.2. The lowest BCUT2D eigenvalue weighted by molar-refractivity contribution is -0.384. The van der Waals surface area contributed by atoms with Crippen LogP contribution in [0, 0.1) is 17.0 Å². The summed E-state index contributed by atoms with van der Waals surface area (Å²) in [5, 5.41) is 13.4. The number of carbonyl (C=O) groups excluding carboxylic acids is 1. The van der Waals surface area contributed by atoms with E-state index in [0.29, 0.717) is 22.9 Å². The Hall–Kier alpha value is -3.87. The van der Waals surface area contributed by atoms with Gasteiger partial charge in [-0.1, -0.05) is 29.8 Å². The van der Waals surface area contributed by atoms with Crippen molar-refractivity contribution in [3.05, 3.63) is 88.5 Å². The Morgan fingerprint density at radius 1 is 0.964 bits per heavy atom. The van der Waals surface area contributed by atoms with Crippen LogP contribution in [0.15, 0.2) is 72.8 Å². The molecule has 0 radical (unpaired) electrons. The molecule has 0 atom stereocenters. The third kappa shape index (κ3) is 5.07. The monoisotopic (exact) mass is 378 g/mol. The minimum Gasteiger partial charge on any atom is -0.484 e. The average molecular weight is 378 g/mol. The fourth-order valence-electron chi connectivity index (χ4n) is 2.39. The largest absolute Gasteiger partial charge is 0.484 e. The second-order valence-electron chi connectivity index (χ2n) is 6.00. The van der Waals surface area contributed by atoms with Crippen LogP contribution in [0.1, 0.15) is 5.56 Å². The van der Waals surface area contributed by atoms with Gasteiger partial charge in [0.05, 0.1) is 10.6 Å². The lowest BCUT2D eigenvalue weighted by atomic mass is 10.2. The number of hydrogen-bond donors (Lipinski definition) is 1. The summed E-state index contributed by atoms with van der Waals surface area (Å²) in [7, 11) is 0. The van der Waals surface area contributed by atoms with Gasteiger partial charge in [-0.05, 0) is 43.3 Å². The maximum absolute atomic E-state index is 12.2. The highest BCUT2D eigenvalue weighted by Crippen LogP contribution is 2.29. The van der Waals surface area contributed by atoms with E-state index in [1.807, 2.05) is 37.3 Å². The summed E-state index contributed by atoms with van der Waals surface area (Å²) in [6.45, 7) is 1.75. The first-order valence-electron chi connectivity index (χ1n) is 8.52. The molecule has 0 fully saturated rings. The van der Waals surface area contributed by atoms with Crippen LogP contribution >= 0.6 is 0 Å². The molecular formula is C21H18N2O5. The molecule has 0 spiro atoms. The summed E-state index contributed by atoms with van der Waals surface area (Å²) in [6.07, 6.45) is 0. The number of rotatable bonds is 7. The van der Waals surface area contributed by atoms with Crippen LogP contribution < -0.4 is 14.8 Å². The first-order chi connectivity index (χ1) is 13.5. The molecule has 28 heavy (non-hydrogen) atoms. The Balaban J connectivity index is 1.60. The Morgan fingerprint density at radius 2 is 1.61 bits per heavy atom. The Labute approximate surface area is 161 Å². The van der Waals surface area contributed by atoms with Gasteiger partial charge >= 0.3 is 0 Å². The van der Waals surface area contributed by atoms with E-state index in [1.165, 1.54) is 24.3 Å². The van der Waals surface area contributed by atoms with E-state index in [4.69, 9.17) is 9.47 Å². The number of anilines is 1. The second-order valence-corrected chi connectivity index (χ2v) is 6.00. The molecule has 0 aliphatic carbocycles. The lowest BCUT2D eigenvalue weighted by Crippen LogP contribution is -2.20. The number of nitro groups is 1. The Bertz CT molecular complexity index is 969. The van der Waals surface area contributed by atoms with Crippen LogP contribution in [0.4, 0.5) is 11.4 Å². The minimum atomic E-state index is -0.499. The highest BCUT2D eigenvalue weighted by molar-refractivity contribution is 5.93. The molecule has 3 aromatic rings. The second kappa shape index (κ2) is 8.68. The van der Waals surface area contributed by atoms with Crippen molar-refractivity contribution in [1.82, 2.24) is 0 Å². The van der Waals surface area contributed by atoms with Gasteiger partial charge in [0.1, 0.15) is 11.5 Å². The van der Waals surface area contributed by atoms with Crippen molar-refractivity contribution in [2.45, 2.75) is 6.92 Å². The number of amides is 1. The standard InChI is InChI=1S/C21H18N2O5/c1-15-6-10-18(11-7-15)28-20-5-3-2-4-19(20)22-21(24)14-27-17-12-8-16(9-13-17)23(25)26/h2-13H,14H2,1H3,(H,22,24). The number of non-ortho nitro benzene ring substituents is 1. The minimum absolute atomic E-state index is 0.0426. The number of hydrogen-bond acceptors (Lipinski definition) is 5. The molecule has 0 heterocycles. The van der Waals surface area contributed by atoms with Crippen LogP contribution in [0.3, 0.4) is 0 Å². The van der Waals surface area contributed by atoms with E-state index < -0.39 is 4.92 Å². The van der Waals surface area contributed by atoms with E-state index in [1.54, 1.807) is 18.2 Å². The van der Waals surface area contributed by atoms with Crippen molar-refractivity contribution in [3.8, 4) is 17.2 Å². The highest BCUT2D eigenvalue weighted by Gasteiger charge is 2.10. The molecule has 0 saturated heterocycles. The van der Waals surface area contributed by atoms with Crippen LogP contribution in [0.2, 0.25) is 0 Å². The number of nitro benzene ring substituents is 1. The van der Waals surface area contributed by atoms with Gasteiger partial charge in [0, 0.05) is 12.1 Å². The number of nitrogens with one attached hydrogen (secondary N) is 1. The molecule has 0 aliphatic rings. The molecule has 0 aliphatic heterocycles. The fraction of sp³-hybridized carbons (Fsp3) is 0.0952. The van der Waals surface area contributed by atoms with E-state index >= 15 is 0 Å². The topological polar surface area (TPSA) is 90.7 Å². The van der Waals surface area contributed by atoms with E-state index in [9.17, 15) is 14.9 Å². The normalized spacial score (nSPS) is 10.2. The number of carbonyl (C=O) groups is 1. The molecule has 0 aromatic heterocycles. The van der Waals surface area contributed by atoms with Gasteiger partial charge in [0.2, 0.25) is 0 Å². The van der Waals surface area contributed by atoms with E-state index in [-0.39, 0.29) is 18.2 Å². The number of para-hydroxylation sites is 2. The Kier molecular flexibility index (Phi) is 5.86. The predicted molar refractivity (Wildman–Crippen MR) is 105 cm³/mol. The smallest absolute Gasteiger partial charge is 0.269 e. The number of benzene rings is 3. The van der Waals surface area contributed by atoms with Gasteiger partial charge in [-0.15, -0.1) is 0 Å². The maximum Gasteiger partial charge on any atom is 0.269 e. The summed E-state index contributed by atoms with van der Waals surface area (Å²) in [6, 6.07) is 20.2. The molecule has 0 saturated carbocycles. The molecule has 142 valence electrons. The van der Waals surface area contributed by atoms with Gasteiger partial charge in [0.25, 0.3) is 11.6 Å². The quantitative estimate of drug-likeness (QED) is 0.475. The van der Waals surface area contributed by atoms with Gasteiger partial charge in [-0.25, -0.2) is 0 Å². The molecule has 7 nitrogen and oxygen atoms in total.